The molecule has 0 radical (unpaired) electrons. The maximum Gasteiger partial charge on any atom is 0.270 e. The van der Waals surface area contributed by atoms with E-state index in [9.17, 15) is 9.59 Å². The van der Waals surface area contributed by atoms with Crippen molar-refractivity contribution in [2.24, 2.45) is 0 Å². The molecule has 0 atom stereocenters. The van der Waals surface area contributed by atoms with Gasteiger partial charge in [0, 0.05) is 16.9 Å². The quantitative estimate of drug-likeness (QED) is 0.780. The van der Waals surface area contributed by atoms with Gasteiger partial charge in [-0.2, -0.15) is 0 Å². The van der Waals surface area contributed by atoms with Gasteiger partial charge < -0.3 is 15.7 Å². The van der Waals surface area contributed by atoms with Crippen LogP contribution in [-0.4, -0.2) is 28.4 Å². The summed E-state index contributed by atoms with van der Waals surface area (Å²) in [5, 5.41) is 14.5. The fraction of sp³-hybridized carbons (Fsp3) is 0.133. The summed E-state index contributed by atoms with van der Waals surface area (Å²) in [6.07, 6.45) is 1.41. The number of hydrogen-bond donors (Lipinski definition) is 3. The minimum Gasteiger partial charge on any atom is -0.392 e. The second kappa shape index (κ2) is 7.53. The molecule has 2 aromatic rings. The average molecular weight is 320 g/mol. The van der Waals surface area contributed by atoms with Gasteiger partial charge in [-0.3, -0.25) is 14.6 Å². The number of hydrogen-bond acceptors (Lipinski definition) is 4. The van der Waals surface area contributed by atoms with E-state index in [0.29, 0.717) is 16.3 Å². The number of amides is 2. The topological polar surface area (TPSA) is 91.3 Å². The third-order valence-corrected chi connectivity index (χ3v) is 2.99. The van der Waals surface area contributed by atoms with Gasteiger partial charge in [-0.15, -0.1) is 0 Å². The maximum absolute atomic E-state index is 11.8. The van der Waals surface area contributed by atoms with Crippen molar-refractivity contribution in [1.29, 1.82) is 0 Å². The summed E-state index contributed by atoms with van der Waals surface area (Å²) in [6.45, 7) is -0.308. The Morgan fingerprint density at radius 3 is 2.77 bits per heavy atom. The van der Waals surface area contributed by atoms with Crippen molar-refractivity contribution in [1.82, 2.24) is 10.3 Å². The van der Waals surface area contributed by atoms with Crippen LogP contribution in [0.3, 0.4) is 0 Å². The van der Waals surface area contributed by atoms with Gasteiger partial charge in [0.15, 0.2) is 0 Å². The highest BCUT2D eigenvalue weighted by Crippen LogP contribution is 2.10. The number of carbonyl (C=O) groups is 2. The summed E-state index contributed by atoms with van der Waals surface area (Å²) in [6, 6.07) is 9.77. The average Bonchev–Trinajstić information content (AvgIpc) is 2.52. The number of nitrogens with one attached hydrogen (secondary N) is 2. The van der Waals surface area contributed by atoms with E-state index >= 15 is 0 Å². The zero-order valence-electron chi connectivity index (χ0n) is 11.5. The van der Waals surface area contributed by atoms with Gasteiger partial charge in [0.25, 0.3) is 5.91 Å². The molecule has 3 N–H and O–H groups in total. The molecular weight excluding hydrogens is 306 g/mol. The number of rotatable bonds is 5. The molecule has 1 aromatic carbocycles. The van der Waals surface area contributed by atoms with Crippen LogP contribution in [-0.2, 0) is 11.4 Å². The van der Waals surface area contributed by atoms with E-state index in [1.807, 2.05) is 0 Å². The van der Waals surface area contributed by atoms with Crippen LogP contribution in [0.1, 0.15) is 16.1 Å². The van der Waals surface area contributed by atoms with Crippen LogP contribution in [0.2, 0.25) is 5.02 Å². The monoisotopic (exact) mass is 319 g/mol. The molecule has 0 spiro atoms. The number of aliphatic hydroxyl groups excluding tert-OH is 1. The number of pyridine rings is 1. The predicted octanol–water partition coefficient (Wildman–Crippen LogP) is 1.60. The van der Waals surface area contributed by atoms with E-state index in [1.165, 1.54) is 12.3 Å². The van der Waals surface area contributed by atoms with Crippen molar-refractivity contribution in [3.8, 4) is 0 Å². The highest BCUT2D eigenvalue weighted by Gasteiger charge is 2.10. The molecule has 22 heavy (non-hydrogen) atoms. The van der Waals surface area contributed by atoms with Crippen LogP contribution in [0.25, 0.3) is 0 Å². The number of benzene rings is 1. The first-order chi connectivity index (χ1) is 10.6. The summed E-state index contributed by atoms with van der Waals surface area (Å²) in [5.41, 5.74) is 1.37. The smallest absolute Gasteiger partial charge is 0.270 e. The Bertz CT molecular complexity index is 691. The van der Waals surface area contributed by atoms with E-state index in [1.54, 1.807) is 30.3 Å². The lowest BCUT2D eigenvalue weighted by Crippen LogP contribution is -2.33. The van der Waals surface area contributed by atoms with E-state index < -0.39 is 5.91 Å². The van der Waals surface area contributed by atoms with Gasteiger partial charge in [-0.1, -0.05) is 23.7 Å². The van der Waals surface area contributed by atoms with Crippen molar-refractivity contribution >= 4 is 29.1 Å². The molecule has 0 unspecified atom stereocenters. The Morgan fingerprint density at radius 1 is 1.23 bits per heavy atom. The van der Waals surface area contributed by atoms with Crippen molar-refractivity contribution in [3.63, 3.8) is 0 Å². The number of anilines is 1. The molecule has 2 amide bonds. The molecule has 0 aliphatic carbocycles. The molecule has 1 heterocycles. The second-order valence-corrected chi connectivity index (χ2v) is 4.89. The van der Waals surface area contributed by atoms with Gasteiger partial charge in [0.2, 0.25) is 5.91 Å². The second-order valence-electron chi connectivity index (χ2n) is 4.45. The molecule has 114 valence electrons. The summed E-state index contributed by atoms with van der Waals surface area (Å²) < 4.78 is 0. The molecule has 0 saturated carbocycles. The third kappa shape index (κ3) is 4.54. The molecule has 0 saturated heterocycles. The lowest BCUT2D eigenvalue weighted by atomic mass is 10.2. The molecule has 0 aliphatic rings. The van der Waals surface area contributed by atoms with Crippen LogP contribution in [0.4, 0.5) is 5.69 Å². The normalized spacial score (nSPS) is 10.1. The first kappa shape index (κ1) is 15.9. The number of halogens is 1. The standard InChI is InChI=1S/C15H14ClN3O3/c16-11-4-5-17-13(7-11)15(22)18-8-14(21)19-12-3-1-2-10(6-12)9-20/h1-7,20H,8-9H2,(H,18,22)(H,19,21). The lowest BCUT2D eigenvalue weighted by molar-refractivity contribution is -0.115. The van der Waals surface area contributed by atoms with Gasteiger partial charge in [-0.05, 0) is 29.8 Å². The minimum atomic E-state index is -0.484. The Balaban J connectivity index is 1.88. The third-order valence-electron chi connectivity index (χ3n) is 2.76. The fourth-order valence-corrected chi connectivity index (χ4v) is 1.89. The number of nitrogens with zero attached hydrogens (tertiary/aromatic N) is 1. The molecule has 0 fully saturated rings. The Morgan fingerprint density at radius 2 is 2.05 bits per heavy atom. The largest absolute Gasteiger partial charge is 0.392 e. The van der Waals surface area contributed by atoms with Crippen LogP contribution in [0, 0.1) is 0 Å². The van der Waals surface area contributed by atoms with E-state index in [0.717, 1.165) is 0 Å². The van der Waals surface area contributed by atoms with Gasteiger partial charge in [-0.25, -0.2) is 0 Å². The Kier molecular flexibility index (Phi) is 5.46. The molecule has 1 aromatic heterocycles. The van der Waals surface area contributed by atoms with E-state index in [-0.39, 0.29) is 24.8 Å². The van der Waals surface area contributed by atoms with Crippen molar-refractivity contribution in [2.45, 2.75) is 6.61 Å². The number of aliphatic hydroxyl groups is 1. The van der Waals surface area contributed by atoms with Gasteiger partial charge in [0.05, 0.1) is 13.2 Å². The van der Waals surface area contributed by atoms with Crippen LogP contribution < -0.4 is 10.6 Å². The van der Waals surface area contributed by atoms with E-state index in [4.69, 9.17) is 16.7 Å². The van der Waals surface area contributed by atoms with Crippen molar-refractivity contribution in [3.05, 3.63) is 58.9 Å². The van der Waals surface area contributed by atoms with Crippen molar-refractivity contribution in [2.75, 3.05) is 11.9 Å². The Labute approximate surface area is 132 Å². The Hall–Kier alpha value is -2.44. The summed E-state index contributed by atoms with van der Waals surface area (Å²) in [7, 11) is 0. The zero-order valence-corrected chi connectivity index (χ0v) is 12.3. The first-order valence-corrected chi connectivity index (χ1v) is 6.85. The fourth-order valence-electron chi connectivity index (χ4n) is 1.73. The molecule has 6 nitrogen and oxygen atoms in total. The summed E-state index contributed by atoms with van der Waals surface area (Å²) >= 11 is 5.77. The molecular formula is C15H14ClN3O3. The van der Waals surface area contributed by atoms with E-state index in [2.05, 4.69) is 15.6 Å². The summed E-state index contributed by atoms with van der Waals surface area (Å²) in [4.78, 5) is 27.5. The maximum atomic E-state index is 11.8. The van der Waals surface area contributed by atoms with Gasteiger partial charge in [0.1, 0.15) is 5.69 Å². The van der Waals surface area contributed by atoms with Crippen molar-refractivity contribution < 1.29 is 14.7 Å². The zero-order chi connectivity index (χ0) is 15.9. The molecule has 0 bridgehead atoms. The minimum absolute atomic E-state index is 0.110. The highest BCUT2D eigenvalue weighted by atomic mass is 35.5. The predicted molar refractivity (Wildman–Crippen MR) is 82.6 cm³/mol. The van der Waals surface area contributed by atoms with Crippen LogP contribution in [0.5, 0.6) is 0 Å². The number of carbonyl (C=O) groups excluding carboxylic acids is 2. The molecule has 0 aliphatic heterocycles. The first-order valence-electron chi connectivity index (χ1n) is 6.48. The molecule has 7 heteroatoms. The number of aromatic nitrogens is 1. The highest BCUT2D eigenvalue weighted by molar-refractivity contribution is 6.30. The van der Waals surface area contributed by atoms with Crippen LogP contribution >= 0.6 is 11.6 Å². The van der Waals surface area contributed by atoms with Gasteiger partial charge >= 0.3 is 0 Å². The summed E-state index contributed by atoms with van der Waals surface area (Å²) in [5.74, 6) is -0.868. The van der Waals surface area contributed by atoms with Crippen LogP contribution in [0.15, 0.2) is 42.6 Å². The SMILES string of the molecule is O=C(CNC(=O)c1cc(Cl)ccn1)Nc1cccc(CO)c1. The molecule has 2 rings (SSSR count). The lowest BCUT2D eigenvalue weighted by Gasteiger charge is -2.07.